The van der Waals surface area contributed by atoms with E-state index in [1.54, 1.807) is 0 Å². The van der Waals surface area contributed by atoms with Crippen LogP contribution in [0.2, 0.25) is 0 Å². The van der Waals surface area contributed by atoms with Gasteiger partial charge in [-0.05, 0) is 55.2 Å². The van der Waals surface area contributed by atoms with E-state index in [4.69, 9.17) is 9.72 Å². The molecule has 3 heteroatoms. The maximum atomic E-state index is 5.98. The van der Waals surface area contributed by atoms with E-state index in [0.717, 1.165) is 35.6 Å². The van der Waals surface area contributed by atoms with Crippen LogP contribution in [0.3, 0.4) is 0 Å². The number of benzene rings is 3. The van der Waals surface area contributed by atoms with Crippen LogP contribution in [0, 0.1) is 6.92 Å². The van der Waals surface area contributed by atoms with Crippen LogP contribution in [0.15, 0.2) is 72.8 Å². The van der Waals surface area contributed by atoms with Gasteiger partial charge in [-0.25, -0.2) is 4.98 Å². The molecule has 1 aromatic heterocycles. The van der Waals surface area contributed by atoms with E-state index < -0.39 is 0 Å². The van der Waals surface area contributed by atoms with Crippen LogP contribution >= 0.6 is 0 Å². The molecule has 0 spiro atoms. The van der Waals surface area contributed by atoms with Crippen molar-refractivity contribution in [1.82, 2.24) is 9.55 Å². The van der Waals surface area contributed by atoms with E-state index >= 15 is 0 Å². The second-order valence-electron chi connectivity index (χ2n) is 7.87. The molecule has 4 rings (SSSR count). The first kappa shape index (κ1) is 19.3. The molecule has 0 unspecified atom stereocenters. The summed E-state index contributed by atoms with van der Waals surface area (Å²) in [4.78, 5) is 4.91. The number of nitrogens with zero attached hydrogens (tertiary/aromatic N) is 2. The Kier molecular flexibility index (Phi) is 5.66. The number of aryl methyl sites for hydroxylation is 2. The summed E-state index contributed by atoms with van der Waals surface area (Å²) in [6.45, 7) is 8.08. The van der Waals surface area contributed by atoms with Gasteiger partial charge in [0.25, 0.3) is 0 Å². The van der Waals surface area contributed by atoms with E-state index in [-0.39, 0.29) is 0 Å². The molecule has 0 amide bonds. The quantitative estimate of drug-likeness (QED) is 0.335. The molecular weight excluding hydrogens is 356 g/mol. The zero-order valence-corrected chi connectivity index (χ0v) is 17.4. The average Bonchev–Trinajstić information content (AvgIpc) is 3.10. The fraction of sp³-hybridized carbons (Fsp3) is 0.269. The van der Waals surface area contributed by atoms with Crippen molar-refractivity contribution in [3.8, 4) is 17.1 Å². The summed E-state index contributed by atoms with van der Waals surface area (Å²) in [6, 6.07) is 25.3. The van der Waals surface area contributed by atoms with Gasteiger partial charge < -0.3 is 9.30 Å². The van der Waals surface area contributed by atoms with Crippen molar-refractivity contribution in [2.45, 2.75) is 39.7 Å². The monoisotopic (exact) mass is 384 g/mol. The predicted octanol–water partition coefficient (Wildman–Crippen LogP) is 6.60. The molecule has 29 heavy (non-hydrogen) atoms. The average molecular weight is 385 g/mol. The third-order valence-electron chi connectivity index (χ3n) is 5.27. The number of para-hydroxylation sites is 2. The van der Waals surface area contributed by atoms with Gasteiger partial charge in [-0.15, -0.1) is 0 Å². The standard InChI is InChI=1S/C26H28N2O/c1-19(2)21-12-14-23(15-13-21)29-17-7-16-28-25-11-5-4-10-24(25)27-26(28)22-9-6-8-20(3)18-22/h4-6,8-15,18-19H,7,16-17H2,1-3H3. The minimum atomic E-state index is 0.540. The van der Waals surface area contributed by atoms with Crippen molar-refractivity contribution in [3.05, 3.63) is 83.9 Å². The van der Waals surface area contributed by atoms with E-state index in [2.05, 4.69) is 92.1 Å². The Bertz CT molecular complexity index is 1090. The minimum absolute atomic E-state index is 0.540. The van der Waals surface area contributed by atoms with Crippen LogP contribution in [-0.4, -0.2) is 16.2 Å². The molecular formula is C26H28N2O. The molecule has 0 fully saturated rings. The Labute approximate surface area is 173 Å². The Morgan fingerprint density at radius 2 is 1.72 bits per heavy atom. The molecule has 0 radical (unpaired) electrons. The highest BCUT2D eigenvalue weighted by Gasteiger charge is 2.12. The summed E-state index contributed by atoms with van der Waals surface area (Å²) in [5, 5.41) is 0. The predicted molar refractivity (Wildman–Crippen MR) is 121 cm³/mol. The Morgan fingerprint density at radius 1 is 0.931 bits per heavy atom. The van der Waals surface area contributed by atoms with Gasteiger partial charge in [-0.3, -0.25) is 0 Å². The van der Waals surface area contributed by atoms with Crippen molar-refractivity contribution in [2.75, 3.05) is 6.61 Å². The highest BCUT2D eigenvalue weighted by Crippen LogP contribution is 2.26. The number of rotatable bonds is 7. The first-order valence-corrected chi connectivity index (χ1v) is 10.4. The fourth-order valence-corrected chi connectivity index (χ4v) is 3.67. The number of hydrogen-bond acceptors (Lipinski definition) is 2. The molecule has 0 atom stereocenters. The van der Waals surface area contributed by atoms with Crippen molar-refractivity contribution in [2.24, 2.45) is 0 Å². The molecule has 148 valence electrons. The molecule has 0 saturated carbocycles. The lowest BCUT2D eigenvalue weighted by Gasteiger charge is -2.12. The smallest absolute Gasteiger partial charge is 0.141 e. The Morgan fingerprint density at radius 3 is 2.48 bits per heavy atom. The highest BCUT2D eigenvalue weighted by molar-refractivity contribution is 5.80. The summed E-state index contributed by atoms with van der Waals surface area (Å²) < 4.78 is 8.30. The number of aromatic nitrogens is 2. The van der Waals surface area contributed by atoms with Crippen LogP contribution in [-0.2, 0) is 6.54 Å². The fourth-order valence-electron chi connectivity index (χ4n) is 3.67. The first-order valence-electron chi connectivity index (χ1n) is 10.4. The van der Waals surface area contributed by atoms with Gasteiger partial charge in [-0.1, -0.05) is 61.9 Å². The molecule has 1 heterocycles. The van der Waals surface area contributed by atoms with Crippen LogP contribution in [0.25, 0.3) is 22.4 Å². The maximum Gasteiger partial charge on any atom is 0.141 e. The lowest BCUT2D eigenvalue weighted by molar-refractivity contribution is 0.303. The van der Waals surface area contributed by atoms with Gasteiger partial charge in [0.1, 0.15) is 11.6 Å². The normalized spacial score (nSPS) is 11.3. The van der Waals surface area contributed by atoms with Gasteiger partial charge in [0.15, 0.2) is 0 Å². The number of hydrogen-bond donors (Lipinski definition) is 0. The SMILES string of the molecule is Cc1cccc(-c2nc3ccccc3n2CCCOc2ccc(C(C)C)cc2)c1. The minimum Gasteiger partial charge on any atom is -0.494 e. The molecule has 0 aliphatic heterocycles. The Hall–Kier alpha value is -3.07. The van der Waals surface area contributed by atoms with Gasteiger partial charge in [0, 0.05) is 12.1 Å². The third-order valence-corrected chi connectivity index (χ3v) is 5.27. The molecule has 3 nitrogen and oxygen atoms in total. The van der Waals surface area contributed by atoms with Gasteiger partial charge in [0.2, 0.25) is 0 Å². The zero-order chi connectivity index (χ0) is 20.2. The van der Waals surface area contributed by atoms with Crippen LogP contribution in [0.5, 0.6) is 5.75 Å². The summed E-state index contributed by atoms with van der Waals surface area (Å²) in [5.41, 5.74) is 5.95. The van der Waals surface area contributed by atoms with Crippen LogP contribution < -0.4 is 4.74 Å². The molecule has 0 aliphatic carbocycles. The third kappa shape index (κ3) is 4.34. The van der Waals surface area contributed by atoms with Crippen molar-refractivity contribution in [1.29, 1.82) is 0 Å². The topological polar surface area (TPSA) is 27.1 Å². The highest BCUT2D eigenvalue weighted by atomic mass is 16.5. The summed E-state index contributed by atoms with van der Waals surface area (Å²) in [5.74, 6) is 2.50. The van der Waals surface area contributed by atoms with Crippen molar-refractivity contribution < 1.29 is 4.74 Å². The summed E-state index contributed by atoms with van der Waals surface area (Å²) in [6.07, 6.45) is 0.922. The first-order chi connectivity index (χ1) is 14.1. The summed E-state index contributed by atoms with van der Waals surface area (Å²) >= 11 is 0. The lowest BCUT2D eigenvalue weighted by atomic mass is 10.0. The number of fused-ring (bicyclic) bond motifs is 1. The van der Waals surface area contributed by atoms with E-state index in [1.807, 2.05) is 6.07 Å². The number of imidazole rings is 1. The van der Waals surface area contributed by atoms with Crippen LogP contribution in [0.4, 0.5) is 0 Å². The molecule has 0 aliphatic rings. The molecule has 4 aromatic rings. The van der Waals surface area contributed by atoms with Gasteiger partial charge in [-0.2, -0.15) is 0 Å². The molecule has 3 aromatic carbocycles. The maximum absolute atomic E-state index is 5.98. The largest absolute Gasteiger partial charge is 0.494 e. The van der Waals surface area contributed by atoms with Gasteiger partial charge >= 0.3 is 0 Å². The van der Waals surface area contributed by atoms with Crippen molar-refractivity contribution in [3.63, 3.8) is 0 Å². The second-order valence-corrected chi connectivity index (χ2v) is 7.87. The van der Waals surface area contributed by atoms with E-state index in [9.17, 15) is 0 Å². The summed E-state index contributed by atoms with van der Waals surface area (Å²) in [7, 11) is 0. The van der Waals surface area contributed by atoms with Crippen LogP contribution in [0.1, 0.15) is 37.3 Å². The number of ether oxygens (including phenoxy) is 1. The zero-order valence-electron chi connectivity index (χ0n) is 17.4. The second kappa shape index (κ2) is 8.52. The van der Waals surface area contributed by atoms with Gasteiger partial charge in [0.05, 0.1) is 17.6 Å². The molecule has 0 N–H and O–H groups in total. The molecule has 0 bridgehead atoms. The molecule has 0 saturated heterocycles. The lowest BCUT2D eigenvalue weighted by Crippen LogP contribution is -2.06. The van der Waals surface area contributed by atoms with E-state index in [1.165, 1.54) is 16.6 Å². The van der Waals surface area contributed by atoms with Crippen molar-refractivity contribution >= 4 is 11.0 Å². The Balaban J connectivity index is 1.49. The van der Waals surface area contributed by atoms with E-state index in [0.29, 0.717) is 12.5 Å².